The molecule has 120 valence electrons. The van der Waals surface area contributed by atoms with Gasteiger partial charge < -0.3 is 4.57 Å². The Balaban J connectivity index is 2.02. The highest BCUT2D eigenvalue weighted by Crippen LogP contribution is 2.43. The van der Waals surface area contributed by atoms with E-state index in [4.69, 9.17) is 5.84 Å². The summed E-state index contributed by atoms with van der Waals surface area (Å²) in [7, 11) is 1.88. The lowest BCUT2D eigenvalue weighted by Crippen LogP contribution is -2.48. The van der Waals surface area contributed by atoms with Crippen LogP contribution in [-0.2, 0) is 13.5 Å². The van der Waals surface area contributed by atoms with Gasteiger partial charge in [-0.3, -0.25) is 11.3 Å². The second kappa shape index (κ2) is 6.79. The van der Waals surface area contributed by atoms with Crippen molar-refractivity contribution in [1.29, 1.82) is 0 Å². The molecule has 0 aliphatic heterocycles. The molecular formula is C14H23F3N4. The normalized spacial score (nSPS) is 25.0. The van der Waals surface area contributed by atoms with Gasteiger partial charge in [-0.15, -0.1) is 0 Å². The van der Waals surface area contributed by atoms with Gasteiger partial charge in [-0.1, -0.05) is 12.8 Å². The summed E-state index contributed by atoms with van der Waals surface area (Å²) in [4.78, 5) is 4.21. The molecule has 0 amide bonds. The molecule has 1 aromatic heterocycles. The molecule has 0 saturated heterocycles. The summed E-state index contributed by atoms with van der Waals surface area (Å²) in [6.45, 7) is 0. The molecule has 0 aromatic carbocycles. The number of rotatable bonds is 5. The fourth-order valence-corrected chi connectivity index (χ4v) is 3.39. The van der Waals surface area contributed by atoms with Crippen LogP contribution >= 0.6 is 0 Å². The van der Waals surface area contributed by atoms with Gasteiger partial charge in [-0.25, -0.2) is 4.98 Å². The molecule has 1 aromatic rings. The zero-order valence-corrected chi connectivity index (χ0v) is 12.2. The van der Waals surface area contributed by atoms with Gasteiger partial charge in [0, 0.05) is 31.9 Å². The molecule has 1 saturated carbocycles. The Morgan fingerprint density at radius 2 is 2.14 bits per heavy atom. The monoisotopic (exact) mass is 304 g/mol. The van der Waals surface area contributed by atoms with E-state index >= 15 is 0 Å². The molecule has 21 heavy (non-hydrogen) atoms. The van der Waals surface area contributed by atoms with E-state index in [0.717, 1.165) is 12.2 Å². The minimum atomic E-state index is -4.14. The average Bonchev–Trinajstić information content (AvgIpc) is 2.84. The molecule has 3 N–H and O–H groups in total. The number of hydrogen-bond donors (Lipinski definition) is 2. The maximum absolute atomic E-state index is 13.2. The highest BCUT2D eigenvalue weighted by atomic mass is 19.4. The number of hydrogen-bond acceptors (Lipinski definition) is 3. The minimum Gasteiger partial charge on any atom is -0.338 e. The van der Waals surface area contributed by atoms with E-state index in [-0.39, 0.29) is 12.5 Å². The lowest BCUT2D eigenvalue weighted by atomic mass is 9.74. The predicted octanol–water partition coefficient (Wildman–Crippen LogP) is 2.55. The Hall–Kier alpha value is -1.08. The number of nitrogens with zero attached hydrogens (tertiary/aromatic N) is 2. The van der Waals surface area contributed by atoms with Crippen molar-refractivity contribution < 1.29 is 13.2 Å². The highest BCUT2D eigenvalue weighted by Gasteiger charge is 2.47. The largest absolute Gasteiger partial charge is 0.392 e. The molecule has 2 rings (SSSR count). The molecule has 3 atom stereocenters. The van der Waals surface area contributed by atoms with Gasteiger partial charge in [0.25, 0.3) is 0 Å². The summed E-state index contributed by atoms with van der Waals surface area (Å²) in [6, 6.07) is -0.325. The SMILES string of the molecule is Cn1ccnc1CCC(NN)C1CCCCC1C(F)(F)F. The van der Waals surface area contributed by atoms with Gasteiger partial charge >= 0.3 is 6.18 Å². The maximum Gasteiger partial charge on any atom is 0.392 e. The predicted molar refractivity (Wildman–Crippen MR) is 74.1 cm³/mol. The van der Waals surface area contributed by atoms with Gasteiger partial charge in [0.1, 0.15) is 5.82 Å². The molecule has 3 unspecified atom stereocenters. The van der Waals surface area contributed by atoms with E-state index in [2.05, 4.69) is 10.4 Å². The number of nitrogens with two attached hydrogens (primary N) is 1. The first kappa shape index (κ1) is 16.3. The first-order valence-corrected chi connectivity index (χ1v) is 7.42. The third-order valence-corrected chi connectivity index (χ3v) is 4.57. The van der Waals surface area contributed by atoms with Crippen molar-refractivity contribution in [2.24, 2.45) is 24.7 Å². The second-order valence-corrected chi connectivity index (χ2v) is 5.86. The third kappa shape index (κ3) is 3.97. The molecular weight excluding hydrogens is 281 g/mol. The molecule has 0 spiro atoms. The van der Waals surface area contributed by atoms with Gasteiger partial charge in [0.05, 0.1) is 5.92 Å². The lowest BCUT2D eigenvalue weighted by molar-refractivity contribution is -0.199. The van der Waals surface area contributed by atoms with Gasteiger partial charge in [0.2, 0.25) is 0 Å². The Kier molecular flexibility index (Phi) is 5.27. The van der Waals surface area contributed by atoms with Crippen LogP contribution in [0.5, 0.6) is 0 Å². The quantitative estimate of drug-likeness (QED) is 0.649. The fourth-order valence-electron chi connectivity index (χ4n) is 3.39. The van der Waals surface area contributed by atoms with Crippen LogP contribution in [0, 0.1) is 11.8 Å². The van der Waals surface area contributed by atoms with Crippen LogP contribution < -0.4 is 11.3 Å². The van der Waals surface area contributed by atoms with E-state index in [1.54, 1.807) is 6.20 Å². The van der Waals surface area contributed by atoms with Crippen molar-refractivity contribution >= 4 is 0 Å². The lowest BCUT2D eigenvalue weighted by Gasteiger charge is -2.37. The summed E-state index contributed by atoms with van der Waals surface area (Å²) in [5, 5.41) is 0. The molecule has 7 heteroatoms. The Morgan fingerprint density at radius 1 is 1.43 bits per heavy atom. The Morgan fingerprint density at radius 3 is 2.71 bits per heavy atom. The van der Waals surface area contributed by atoms with Crippen LogP contribution in [0.2, 0.25) is 0 Å². The number of nitrogens with one attached hydrogen (secondary N) is 1. The van der Waals surface area contributed by atoms with Crippen molar-refractivity contribution in [2.75, 3.05) is 0 Å². The van der Waals surface area contributed by atoms with Crippen molar-refractivity contribution in [3.8, 4) is 0 Å². The highest BCUT2D eigenvalue weighted by molar-refractivity contribution is 4.94. The first-order chi connectivity index (χ1) is 9.93. The summed E-state index contributed by atoms with van der Waals surface area (Å²) < 4.78 is 41.4. The summed E-state index contributed by atoms with van der Waals surface area (Å²) in [5.74, 6) is 4.73. The smallest absolute Gasteiger partial charge is 0.338 e. The topological polar surface area (TPSA) is 55.9 Å². The number of aryl methyl sites for hydroxylation is 2. The minimum absolute atomic E-state index is 0.217. The van der Waals surface area contributed by atoms with E-state index in [1.165, 1.54) is 0 Å². The molecule has 1 fully saturated rings. The van der Waals surface area contributed by atoms with E-state index in [9.17, 15) is 13.2 Å². The number of imidazole rings is 1. The van der Waals surface area contributed by atoms with Gasteiger partial charge in [-0.2, -0.15) is 13.2 Å². The first-order valence-electron chi connectivity index (χ1n) is 7.42. The zero-order chi connectivity index (χ0) is 15.5. The average molecular weight is 304 g/mol. The summed E-state index contributed by atoms with van der Waals surface area (Å²) >= 11 is 0. The third-order valence-electron chi connectivity index (χ3n) is 4.57. The number of hydrazine groups is 1. The van der Waals surface area contributed by atoms with Crippen LogP contribution in [0.15, 0.2) is 12.4 Å². The van der Waals surface area contributed by atoms with Crippen molar-refractivity contribution in [3.63, 3.8) is 0 Å². The fraction of sp³-hybridized carbons (Fsp3) is 0.786. The van der Waals surface area contributed by atoms with Crippen LogP contribution in [0.3, 0.4) is 0 Å². The molecule has 4 nitrogen and oxygen atoms in total. The molecule has 1 heterocycles. The van der Waals surface area contributed by atoms with Crippen LogP contribution in [0.4, 0.5) is 13.2 Å². The molecule has 1 aliphatic rings. The summed E-state index contributed by atoms with van der Waals surface area (Å²) in [6.07, 6.45) is 2.88. The summed E-state index contributed by atoms with van der Waals surface area (Å²) in [5.41, 5.74) is 2.62. The number of halogens is 3. The van der Waals surface area contributed by atoms with E-state index in [0.29, 0.717) is 25.7 Å². The standard InChI is InChI=1S/C14H23F3N4/c1-21-9-8-19-13(21)7-6-12(20-18)10-4-2-3-5-11(10)14(15,16)17/h8-12,20H,2-7,18H2,1H3. The Bertz CT molecular complexity index is 444. The van der Waals surface area contributed by atoms with Crippen LogP contribution in [0.1, 0.15) is 37.9 Å². The van der Waals surface area contributed by atoms with Crippen LogP contribution in [-0.4, -0.2) is 21.8 Å². The van der Waals surface area contributed by atoms with Crippen molar-refractivity contribution in [2.45, 2.75) is 50.7 Å². The molecule has 0 bridgehead atoms. The second-order valence-electron chi connectivity index (χ2n) is 5.86. The van der Waals surface area contributed by atoms with E-state index in [1.807, 2.05) is 17.8 Å². The van der Waals surface area contributed by atoms with E-state index < -0.39 is 18.0 Å². The maximum atomic E-state index is 13.2. The van der Waals surface area contributed by atoms with Crippen LogP contribution in [0.25, 0.3) is 0 Å². The number of aromatic nitrogens is 2. The Labute approximate surface area is 122 Å². The van der Waals surface area contributed by atoms with Gasteiger partial charge in [-0.05, 0) is 25.2 Å². The number of alkyl halides is 3. The van der Waals surface area contributed by atoms with Crippen molar-refractivity contribution in [3.05, 3.63) is 18.2 Å². The van der Waals surface area contributed by atoms with Gasteiger partial charge in [0.15, 0.2) is 0 Å². The van der Waals surface area contributed by atoms with Crippen molar-refractivity contribution in [1.82, 2.24) is 15.0 Å². The molecule has 0 radical (unpaired) electrons. The molecule has 1 aliphatic carbocycles. The zero-order valence-electron chi connectivity index (χ0n) is 12.2.